The highest BCUT2D eigenvalue weighted by Gasteiger charge is 2.24. The molecule has 0 aliphatic carbocycles. The normalized spacial score (nSPS) is 16.4. The number of hydrogen-bond donors (Lipinski definition) is 1. The Kier molecular flexibility index (Phi) is 3.86. The zero-order chi connectivity index (χ0) is 18.4. The van der Waals surface area contributed by atoms with Gasteiger partial charge in [-0.3, -0.25) is 9.78 Å². The SMILES string of the molecule is Cc1c[nH]c2c(-c3ccc4c(c3)CCO4)ncc(C(=O)N3CCOCC3)c12. The second-order valence-corrected chi connectivity index (χ2v) is 7.07. The Hall–Kier alpha value is -2.86. The minimum Gasteiger partial charge on any atom is -0.493 e. The number of morpholine rings is 1. The van der Waals surface area contributed by atoms with E-state index in [2.05, 4.69) is 16.0 Å². The van der Waals surface area contributed by atoms with Crippen LogP contribution in [0, 0.1) is 6.92 Å². The van der Waals surface area contributed by atoms with Crippen LogP contribution in [0.2, 0.25) is 0 Å². The van der Waals surface area contributed by atoms with Crippen molar-refractivity contribution in [3.8, 4) is 17.0 Å². The summed E-state index contributed by atoms with van der Waals surface area (Å²) in [6.45, 7) is 5.17. The first kappa shape index (κ1) is 16.3. The molecule has 6 nitrogen and oxygen atoms in total. The predicted octanol–water partition coefficient (Wildman–Crippen LogP) is 2.95. The molecule has 6 heteroatoms. The summed E-state index contributed by atoms with van der Waals surface area (Å²) in [6, 6.07) is 6.18. The summed E-state index contributed by atoms with van der Waals surface area (Å²) in [4.78, 5) is 22.9. The van der Waals surface area contributed by atoms with Crippen LogP contribution in [-0.2, 0) is 11.2 Å². The van der Waals surface area contributed by atoms with Gasteiger partial charge in [0.25, 0.3) is 5.91 Å². The van der Waals surface area contributed by atoms with Crippen LogP contribution in [0.5, 0.6) is 5.75 Å². The number of amides is 1. The van der Waals surface area contributed by atoms with Crippen molar-refractivity contribution in [2.75, 3.05) is 32.9 Å². The number of nitrogens with one attached hydrogen (secondary N) is 1. The van der Waals surface area contributed by atoms with Gasteiger partial charge in [0.15, 0.2) is 0 Å². The summed E-state index contributed by atoms with van der Waals surface area (Å²) in [5.74, 6) is 0.976. The van der Waals surface area contributed by atoms with E-state index in [9.17, 15) is 4.79 Å². The minimum atomic E-state index is 0.0207. The highest BCUT2D eigenvalue weighted by molar-refractivity contribution is 6.10. The molecule has 4 heterocycles. The molecule has 5 rings (SSSR count). The van der Waals surface area contributed by atoms with Crippen LogP contribution >= 0.6 is 0 Å². The van der Waals surface area contributed by atoms with Crippen LogP contribution in [0.15, 0.2) is 30.6 Å². The number of fused-ring (bicyclic) bond motifs is 2. The molecule has 2 aliphatic rings. The Balaban J connectivity index is 1.61. The molecule has 1 saturated heterocycles. The van der Waals surface area contributed by atoms with E-state index < -0.39 is 0 Å². The third-order valence-electron chi connectivity index (χ3n) is 5.40. The quantitative estimate of drug-likeness (QED) is 0.760. The second kappa shape index (κ2) is 6.39. The van der Waals surface area contributed by atoms with Gasteiger partial charge in [0.2, 0.25) is 0 Å². The fourth-order valence-corrected chi connectivity index (χ4v) is 3.97. The summed E-state index contributed by atoms with van der Waals surface area (Å²) < 4.78 is 11.0. The molecular weight excluding hydrogens is 342 g/mol. The maximum atomic E-state index is 13.1. The summed E-state index contributed by atoms with van der Waals surface area (Å²) in [5.41, 5.74) is 5.72. The molecule has 1 N–H and O–H groups in total. The minimum absolute atomic E-state index is 0.0207. The number of rotatable bonds is 2. The summed E-state index contributed by atoms with van der Waals surface area (Å²) in [5, 5.41) is 0.952. The molecule has 2 aliphatic heterocycles. The Morgan fingerprint density at radius 1 is 1.22 bits per heavy atom. The molecule has 0 saturated carbocycles. The predicted molar refractivity (Wildman–Crippen MR) is 102 cm³/mol. The van der Waals surface area contributed by atoms with E-state index in [-0.39, 0.29) is 5.91 Å². The van der Waals surface area contributed by atoms with Gasteiger partial charge < -0.3 is 19.4 Å². The van der Waals surface area contributed by atoms with E-state index in [0.29, 0.717) is 31.9 Å². The maximum absolute atomic E-state index is 13.1. The van der Waals surface area contributed by atoms with Crippen molar-refractivity contribution in [2.24, 2.45) is 0 Å². The number of ether oxygens (including phenoxy) is 2. The third kappa shape index (κ3) is 2.68. The lowest BCUT2D eigenvalue weighted by atomic mass is 10.0. The van der Waals surface area contributed by atoms with E-state index in [4.69, 9.17) is 9.47 Å². The lowest BCUT2D eigenvalue weighted by Crippen LogP contribution is -2.40. The molecule has 0 bridgehead atoms. The topological polar surface area (TPSA) is 67.5 Å². The average molecular weight is 363 g/mol. The van der Waals surface area contributed by atoms with Crippen molar-refractivity contribution in [3.63, 3.8) is 0 Å². The van der Waals surface area contributed by atoms with Crippen LogP contribution in [-0.4, -0.2) is 53.7 Å². The number of nitrogens with zero attached hydrogens (tertiary/aromatic N) is 2. The van der Waals surface area contributed by atoms with Crippen molar-refractivity contribution < 1.29 is 14.3 Å². The van der Waals surface area contributed by atoms with E-state index in [1.807, 2.05) is 30.2 Å². The molecule has 1 fully saturated rings. The Morgan fingerprint density at radius 3 is 2.93 bits per heavy atom. The lowest BCUT2D eigenvalue weighted by Gasteiger charge is -2.27. The number of aryl methyl sites for hydroxylation is 1. The smallest absolute Gasteiger partial charge is 0.256 e. The Morgan fingerprint density at radius 2 is 2.07 bits per heavy atom. The Bertz CT molecular complexity index is 1030. The van der Waals surface area contributed by atoms with Gasteiger partial charge in [-0.1, -0.05) is 0 Å². The van der Waals surface area contributed by atoms with Gasteiger partial charge in [0.05, 0.1) is 36.6 Å². The molecular formula is C21H21N3O3. The fourth-order valence-electron chi connectivity index (χ4n) is 3.97. The summed E-state index contributed by atoms with van der Waals surface area (Å²) >= 11 is 0. The third-order valence-corrected chi connectivity index (χ3v) is 5.40. The number of carbonyl (C=O) groups excluding carboxylic acids is 1. The number of H-pyrrole nitrogens is 1. The molecule has 27 heavy (non-hydrogen) atoms. The van der Waals surface area contributed by atoms with Gasteiger partial charge in [-0.15, -0.1) is 0 Å². The molecule has 2 aromatic heterocycles. The van der Waals surface area contributed by atoms with Gasteiger partial charge in [-0.05, 0) is 36.2 Å². The van der Waals surface area contributed by atoms with Crippen molar-refractivity contribution in [1.82, 2.24) is 14.9 Å². The van der Waals surface area contributed by atoms with Crippen molar-refractivity contribution in [1.29, 1.82) is 0 Å². The monoisotopic (exact) mass is 363 g/mol. The molecule has 1 aromatic carbocycles. The molecule has 1 amide bonds. The van der Waals surface area contributed by atoms with Crippen LogP contribution in [0.4, 0.5) is 0 Å². The van der Waals surface area contributed by atoms with Gasteiger partial charge in [-0.25, -0.2) is 0 Å². The van der Waals surface area contributed by atoms with Gasteiger partial charge in [0.1, 0.15) is 5.75 Å². The van der Waals surface area contributed by atoms with E-state index in [1.165, 1.54) is 5.56 Å². The highest BCUT2D eigenvalue weighted by Crippen LogP contribution is 2.34. The summed E-state index contributed by atoms with van der Waals surface area (Å²) in [7, 11) is 0. The first-order valence-corrected chi connectivity index (χ1v) is 9.32. The number of carbonyl (C=O) groups is 1. The molecule has 0 atom stereocenters. The zero-order valence-electron chi connectivity index (χ0n) is 15.2. The number of aromatic amines is 1. The number of benzene rings is 1. The van der Waals surface area contributed by atoms with E-state index in [0.717, 1.165) is 46.5 Å². The van der Waals surface area contributed by atoms with E-state index in [1.54, 1.807) is 6.20 Å². The van der Waals surface area contributed by atoms with Crippen molar-refractivity contribution >= 4 is 16.8 Å². The molecule has 138 valence electrons. The maximum Gasteiger partial charge on any atom is 0.256 e. The number of aromatic nitrogens is 2. The largest absolute Gasteiger partial charge is 0.493 e. The van der Waals surface area contributed by atoms with Gasteiger partial charge in [0, 0.05) is 42.9 Å². The Labute approximate surface area is 157 Å². The van der Waals surface area contributed by atoms with Gasteiger partial charge in [-0.2, -0.15) is 0 Å². The first-order chi connectivity index (χ1) is 13.2. The standard InChI is InChI=1S/C21H21N3O3/c1-13-11-22-20-18(13)16(21(25)24-5-8-26-9-6-24)12-23-19(20)15-2-3-17-14(10-15)4-7-27-17/h2-3,10-12,22H,4-9H2,1H3. The number of pyridine rings is 1. The zero-order valence-corrected chi connectivity index (χ0v) is 15.2. The van der Waals surface area contributed by atoms with Gasteiger partial charge >= 0.3 is 0 Å². The molecule has 0 spiro atoms. The van der Waals surface area contributed by atoms with Crippen LogP contribution in [0.3, 0.4) is 0 Å². The fraction of sp³-hybridized carbons (Fsp3) is 0.333. The molecule has 0 unspecified atom stereocenters. The first-order valence-electron chi connectivity index (χ1n) is 9.32. The summed E-state index contributed by atoms with van der Waals surface area (Å²) in [6.07, 6.45) is 4.59. The average Bonchev–Trinajstić information content (AvgIpc) is 3.34. The van der Waals surface area contributed by atoms with E-state index >= 15 is 0 Å². The van der Waals surface area contributed by atoms with Crippen molar-refractivity contribution in [2.45, 2.75) is 13.3 Å². The number of hydrogen-bond acceptors (Lipinski definition) is 4. The molecule has 0 radical (unpaired) electrons. The van der Waals surface area contributed by atoms with Crippen molar-refractivity contribution in [3.05, 3.63) is 47.3 Å². The van der Waals surface area contributed by atoms with Crippen LogP contribution in [0.25, 0.3) is 22.2 Å². The highest BCUT2D eigenvalue weighted by atomic mass is 16.5. The molecule has 3 aromatic rings. The van der Waals surface area contributed by atoms with Crippen LogP contribution < -0.4 is 4.74 Å². The second-order valence-electron chi connectivity index (χ2n) is 7.07. The van der Waals surface area contributed by atoms with Crippen LogP contribution in [0.1, 0.15) is 21.5 Å². The lowest BCUT2D eigenvalue weighted by molar-refractivity contribution is 0.0304.